The Balaban J connectivity index is 2.28. The second-order valence-electron chi connectivity index (χ2n) is 3.49. The van der Waals surface area contributed by atoms with Gasteiger partial charge in [-0.15, -0.1) is 0 Å². The Labute approximate surface area is 108 Å². The number of rotatable bonds is 2. The Morgan fingerprint density at radius 2 is 1.76 bits per heavy atom. The van der Waals surface area contributed by atoms with Crippen LogP contribution < -0.4 is 11.1 Å². The molecular formula is C12H9Cl2FN2. The molecule has 0 spiro atoms. The summed E-state index contributed by atoms with van der Waals surface area (Å²) in [5, 5.41) is 3.95. The van der Waals surface area contributed by atoms with Gasteiger partial charge in [-0.2, -0.15) is 0 Å². The Morgan fingerprint density at radius 3 is 2.41 bits per heavy atom. The number of nitrogens with one attached hydrogen (secondary N) is 1. The second kappa shape index (κ2) is 4.82. The van der Waals surface area contributed by atoms with Gasteiger partial charge < -0.3 is 11.1 Å². The SMILES string of the molecule is Nc1cc(F)ccc1Nc1ccc(Cl)c(Cl)c1. The van der Waals surface area contributed by atoms with Gasteiger partial charge in [0.15, 0.2) is 0 Å². The van der Waals surface area contributed by atoms with E-state index >= 15 is 0 Å². The smallest absolute Gasteiger partial charge is 0.125 e. The normalized spacial score (nSPS) is 10.3. The number of nitrogen functional groups attached to an aromatic ring is 1. The third kappa shape index (κ3) is 2.81. The lowest BCUT2D eigenvalue weighted by atomic mass is 10.2. The number of nitrogens with two attached hydrogens (primary N) is 1. The number of hydrogen-bond donors (Lipinski definition) is 2. The minimum atomic E-state index is -0.373. The molecule has 0 saturated carbocycles. The van der Waals surface area contributed by atoms with Gasteiger partial charge in [-0.1, -0.05) is 23.2 Å². The van der Waals surface area contributed by atoms with Crippen LogP contribution in [0.25, 0.3) is 0 Å². The Hall–Kier alpha value is -1.45. The molecule has 0 atom stereocenters. The van der Waals surface area contributed by atoms with Gasteiger partial charge in [0.25, 0.3) is 0 Å². The van der Waals surface area contributed by atoms with Crippen molar-refractivity contribution in [2.75, 3.05) is 11.1 Å². The molecule has 88 valence electrons. The lowest BCUT2D eigenvalue weighted by molar-refractivity contribution is 0.628. The Bertz CT molecular complexity index is 558. The first kappa shape index (κ1) is 12.0. The molecule has 3 N–H and O–H groups in total. The lowest BCUT2D eigenvalue weighted by Crippen LogP contribution is -1.96. The zero-order chi connectivity index (χ0) is 12.4. The third-order valence-electron chi connectivity index (χ3n) is 2.21. The van der Waals surface area contributed by atoms with Crippen molar-refractivity contribution in [3.8, 4) is 0 Å². The fourth-order valence-corrected chi connectivity index (χ4v) is 1.67. The number of benzene rings is 2. The third-order valence-corrected chi connectivity index (χ3v) is 2.95. The van der Waals surface area contributed by atoms with Gasteiger partial charge in [0.05, 0.1) is 21.4 Å². The van der Waals surface area contributed by atoms with E-state index in [0.717, 1.165) is 5.69 Å². The molecule has 2 aromatic carbocycles. The Morgan fingerprint density at radius 1 is 1.00 bits per heavy atom. The molecule has 0 fully saturated rings. The van der Waals surface area contributed by atoms with E-state index in [4.69, 9.17) is 28.9 Å². The first-order chi connectivity index (χ1) is 8.06. The largest absolute Gasteiger partial charge is 0.397 e. The molecule has 0 radical (unpaired) electrons. The van der Waals surface area contributed by atoms with Crippen LogP contribution in [0.2, 0.25) is 10.0 Å². The molecule has 0 aliphatic rings. The van der Waals surface area contributed by atoms with Gasteiger partial charge in [-0.3, -0.25) is 0 Å². The summed E-state index contributed by atoms with van der Waals surface area (Å²) in [6.07, 6.45) is 0. The fraction of sp³-hybridized carbons (Fsp3) is 0. The van der Waals surface area contributed by atoms with E-state index < -0.39 is 0 Å². The van der Waals surface area contributed by atoms with Crippen molar-refractivity contribution in [3.63, 3.8) is 0 Å². The molecule has 0 aliphatic carbocycles. The van der Waals surface area contributed by atoms with Gasteiger partial charge >= 0.3 is 0 Å². The molecule has 0 bridgehead atoms. The maximum absolute atomic E-state index is 12.9. The summed E-state index contributed by atoms with van der Waals surface area (Å²) in [6.45, 7) is 0. The topological polar surface area (TPSA) is 38.0 Å². The van der Waals surface area contributed by atoms with Crippen LogP contribution in [0.3, 0.4) is 0 Å². The number of anilines is 3. The average Bonchev–Trinajstić information content (AvgIpc) is 2.27. The summed E-state index contributed by atoms with van der Waals surface area (Å²) in [5.74, 6) is -0.373. The van der Waals surface area contributed by atoms with Crippen molar-refractivity contribution in [1.82, 2.24) is 0 Å². The average molecular weight is 271 g/mol. The number of halogens is 3. The molecule has 2 nitrogen and oxygen atoms in total. The molecule has 5 heteroatoms. The van der Waals surface area contributed by atoms with E-state index in [-0.39, 0.29) is 5.82 Å². The highest BCUT2D eigenvalue weighted by molar-refractivity contribution is 6.42. The van der Waals surface area contributed by atoms with E-state index in [0.29, 0.717) is 21.4 Å². The number of hydrogen-bond acceptors (Lipinski definition) is 2. The predicted molar refractivity (Wildman–Crippen MR) is 70.6 cm³/mol. The van der Waals surface area contributed by atoms with E-state index in [9.17, 15) is 4.39 Å². The molecule has 0 aromatic heterocycles. The van der Waals surface area contributed by atoms with Crippen LogP contribution in [-0.2, 0) is 0 Å². The first-order valence-electron chi connectivity index (χ1n) is 4.83. The zero-order valence-electron chi connectivity index (χ0n) is 8.68. The molecule has 17 heavy (non-hydrogen) atoms. The van der Waals surface area contributed by atoms with Gasteiger partial charge in [-0.25, -0.2) is 4.39 Å². The highest BCUT2D eigenvalue weighted by Gasteiger charge is 2.03. The summed E-state index contributed by atoms with van der Waals surface area (Å²) in [6, 6.07) is 9.25. The molecule has 2 aromatic rings. The van der Waals surface area contributed by atoms with Crippen molar-refractivity contribution < 1.29 is 4.39 Å². The minimum absolute atomic E-state index is 0.330. The molecule has 0 aliphatic heterocycles. The molecule has 2 rings (SSSR count). The van der Waals surface area contributed by atoms with Crippen LogP contribution in [0.4, 0.5) is 21.5 Å². The highest BCUT2D eigenvalue weighted by Crippen LogP contribution is 2.29. The lowest BCUT2D eigenvalue weighted by Gasteiger charge is -2.10. The van der Waals surface area contributed by atoms with E-state index in [2.05, 4.69) is 5.32 Å². The summed E-state index contributed by atoms with van der Waals surface area (Å²) in [4.78, 5) is 0. The highest BCUT2D eigenvalue weighted by atomic mass is 35.5. The van der Waals surface area contributed by atoms with E-state index in [1.807, 2.05) is 0 Å². The van der Waals surface area contributed by atoms with Crippen LogP contribution in [0.15, 0.2) is 36.4 Å². The first-order valence-corrected chi connectivity index (χ1v) is 5.59. The standard InChI is InChI=1S/C12H9Cl2FN2/c13-9-3-2-8(6-10(9)14)17-12-4-1-7(15)5-11(12)16/h1-6,17H,16H2. The fourth-order valence-electron chi connectivity index (χ4n) is 1.38. The molecule has 0 amide bonds. The van der Waals surface area contributed by atoms with Gasteiger partial charge in [-0.05, 0) is 36.4 Å². The van der Waals surface area contributed by atoms with Crippen molar-refractivity contribution >= 4 is 40.3 Å². The monoisotopic (exact) mass is 270 g/mol. The van der Waals surface area contributed by atoms with Crippen LogP contribution in [0, 0.1) is 5.82 Å². The van der Waals surface area contributed by atoms with Crippen molar-refractivity contribution in [3.05, 3.63) is 52.3 Å². The van der Waals surface area contributed by atoms with Gasteiger partial charge in [0.1, 0.15) is 5.82 Å². The van der Waals surface area contributed by atoms with Crippen LogP contribution in [-0.4, -0.2) is 0 Å². The summed E-state index contributed by atoms with van der Waals surface area (Å²) >= 11 is 11.7. The van der Waals surface area contributed by atoms with Crippen LogP contribution in [0.1, 0.15) is 0 Å². The Kier molecular flexibility index (Phi) is 3.41. The van der Waals surface area contributed by atoms with Gasteiger partial charge in [0.2, 0.25) is 0 Å². The van der Waals surface area contributed by atoms with Crippen LogP contribution in [0.5, 0.6) is 0 Å². The summed E-state index contributed by atoms with van der Waals surface area (Å²) in [5.41, 5.74) is 7.35. The maximum Gasteiger partial charge on any atom is 0.125 e. The predicted octanol–water partition coefficient (Wildman–Crippen LogP) is 4.46. The minimum Gasteiger partial charge on any atom is -0.397 e. The zero-order valence-corrected chi connectivity index (χ0v) is 10.2. The quantitative estimate of drug-likeness (QED) is 0.791. The molecular weight excluding hydrogens is 262 g/mol. The van der Waals surface area contributed by atoms with Crippen molar-refractivity contribution in [2.24, 2.45) is 0 Å². The summed E-state index contributed by atoms with van der Waals surface area (Å²) < 4.78 is 12.9. The van der Waals surface area contributed by atoms with E-state index in [1.165, 1.54) is 12.1 Å². The van der Waals surface area contributed by atoms with Crippen LogP contribution >= 0.6 is 23.2 Å². The molecule has 0 unspecified atom stereocenters. The molecule has 0 saturated heterocycles. The molecule has 0 heterocycles. The van der Waals surface area contributed by atoms with Crippen molar-refractivity contribution in [2.45, 2.75) is 0 Å². The van der Waals surface area contributed by atoms with Crippen molar-refractivity contribution in [1.29, 1.82) is 0 Å². The second-order valence-corrected chi connectivity index (χ2v) is 4.30. The van der Waals surface area contributed by atoms with E-state index in [1.54, 1.807) is 24.3 Å². The van der Waals surface area contributed by atoms with Gasteiger partial charge in [0, 0.05) is 5.69 Å². The summed E-state index contributed by atoms with van der Waals surface area (Å²) in [7, 11) is 0. The maximum atomic E-state index is 12.9.